The Hall–Kier alpha value is -1.23. The van der Waals surface area contributed by atoms with Crippen molar-refractivity contribution in [1.29, 1.82) is 0 Å². The Morgan fingerprint density at radius 1 is 1.60 bits per heavy atom. The lowest BCUT2D eigenvalue weighted by atomic mass is 10.4. The summed E-state index contributed by atoms with van der Waals surface area (Å²) in [6, 6.07) is -0.885. The minimum atomic E-state index is -1.22. The van der Waals surface area contributed by atoms with Gasteiger partial charge in [-0.05, 0) is 6.92 Å². The molecule has 0 aromatic rings. The molecule has 0 saturated carbocycles. The highest BCUT2D eigenvalue weighted by Gasteiger charge is 2.12. The SMILES string of the molecule is C[C@H](N)C(=O)OC(=O)C=O. The number of ether oxygens (including phenoxy) is 1. The molecule has 1 atom stereocenters. The van der Waals surface area contributed by atoms with Crippen molar-refractivity contribution in [3.8, 4) is 0 Å². The molecular weight excluding hydrogens is 138 g/mol. The van der Waals surface area contributed by atoms with Crippen LogP contribution in [0.2, 0.25) is 0 Å². The number of carbonyl (C=O) groups is 3. The molecule has 0 fully saturated rings. The summed E-state index contributed by atoms with van der Waals surface area (Å²) in [5.41, 5.74) is 5.00. The van der Waals surface area contributed by atoms with Gasteiger partial charge in [0.25, 0.3) is 0 Å². The molecule has 0 heterocycles. The molecule has 0 saturated heterocycles. The van der Waals surface area contributed by atoms with E-state index in [1.165, 1.54) is 6.92 Å². The number of hydrogen-bond donors (Lipinski definition) is 1. The number of nitrogens with two attached hydrogens (primary N) is 1. The van der Waals surface area contributed by atoms with Gasteiger partial charge in [-0.1, -0.05) is 0 Å². The summed E-state index contributed by atoms with van der Waals surface area (Å²) in [5, 5.41) is 0. The fraction of sp³-hybridized carbons (Fsp3) is 0.400. The van der Waals surface area contributed by atoms with E-state index in [1.54, 1.807) is 0 Å². The quantitative estimate of drug-likeness (QED) is 0.223. The van der Waals surface area contributed by atoms with E-state index in [4.69, 9.17) is 5.73 Å². The molecule has 10 heavy (non-hydrogen) atoms. The standard InChI is InChI=1S/C5H7NO4/c1-3(6)5(9)10-4(8)2-7/h2-3H,6H2,1H3/t3-/m0/s1. The fourth-order valence-electron chi connectivity index (χ4n) is 0.216. The van der Waals surface area contributed by atoms with Crippen LogP contribution < -0.4 is 5.73 Å². The monoisotopic (exact) mass is 145 g/mol. The zero-order valence-electron chi connectivity index (χ0n) is 5.37. The minimum absolute atomic E-state index is 0.0969. The first-order chi connectivity index (χ1) is 4.57. The second-order valence-electron chi connectivity index (χ2n) is 1.65. The van der Waals surface area contributed by atoms with Crippen molar-refractivity contribution in [2.24, 2.45) is 5.73 Å². The smallest absolute Gasteiger partial charge is 0.378 e. The molecule has 0 aliphatic rings. The number of carbonyl (C=O) groups excluding carboxylic acids is 3. The summed E-state index contributed by atoms with van der Waals surface area (Å²) >= 11 is 0. The largest absolute Gasteiger partial charge is 0.386 e. The average molecular weight is 145 g/mol. The maximum Gasteiger partial charge on any atom is 0.378 e. The van der Waals surface area contributed by atoms with Crippen LogP contribution >= 0.6 is 0 Å². The molecule has 0 amide bonds. The highest BCUT2D eigenvalue weighted by Crippen LogP contribution is 1.82. The van der Waals surface area contributed by atoms with Crippen molar-refractivity contribution in [3.63, 3.8) is 0 Å². The van der Waals surface area contributed by atoms with Crippen molar-refractivity contribution >= 4 is 18.2 Å². The number of esters is 2. The van der Waals surface area contributed by atoms with Gasteiger partial charge in [0, 0.05) is 0 Å². The fourth-order valence-corrected chi connectivity index (χ4v) is 0.216. The first kappa shape index (κ1) is 8.77. The molecule has 0 unspecified atom stereocenters. The van der Waals surface area contributed by atoms with Crippen LogP contribution in [-0.4, -0.2) is 24.3 Å². The Labute approximate surface area is 57.1 Å². The topological polar surface area (TPSA) is 86.5 Å². The maximum atomic E-state index is 10.4. The molecule has 0 spiro atoms. The molecule has 5 nitrogen and oxygen atoms in total. The third-order valence-corrected chi connectivity index (χ3v) is 0.669. The number of rotatable bonds is 2. The van der Waals surface area contributed by atoms with E-state index < -0.39 is 18.0 Å². The van der Waals surface area contributed by atoms with E-state index in [1.807, 2.05) is 0 Å². The van der Waals surface area contributed by atoms with Gasteiger partial charge in [-0.3, -0.25) is 4.79 Å². The normalized spacial score (nSPS) is 11.8. The molecular formula is C5H7NO4. The highest BCUT2D eigenvalue weighted by molar-refractivity contribution is 6.23. The van der Waals surface area contributed by atoms with Gasteiger partial charge in [-0.25, -0.2) is 9.59 Å². The predicted octanol–water partition coefficient (Wildman–Crippen LogP) is -1.40. The molecule has 0 aromatic carbocycles. The molecule has 0 bridgehead atoms. The molecule has 56 valence electrons. The van der Waals surface area contributed by atoms with Crippen molar-refractivity contribution in [2.45, 2.75) is 13.0 Å². The van der Waals surface area contributed by atoms with E-state index in [0.29, 0.717) is 0 Å². The first-order valence-electron chi connectivity index (χ1n) is 2.54. The van der Waals surface area contributed by atoms with E-state index in [2.05, 4.69) is 4.74 Å². The lowest BCUT2D eigenvalue weighted by Crippen LogP contribution is -2.30. The van der Waals surface area contributed by atoms with Gasteiger partial charge >= 0.3 is 11.9 Å². The van der Waals surface area contributed by atoms with Crippen LogP contribution in [0.25, 0.3) is 0 Å². The van der Waals surface area contributed by atoms with Crippen LogP contribution in [0.1, 0.15) is 6.92 Å². The van der Waals surface area contributed by atoms with Crippen molar-refractivity contribution in [2.75, 3.05) is 0 Å². The molecule has 0 aliphatic carbocycles. The molecule has 0 aromatic heterocycles. The lowest BCUT2D eigenvalue weighted by molar-refractivity contribution is -0.161. The van der Waals surface area contributed by atoms with E-state index in [-0.39, 0.29) is 6.29 Å². The van der Waals surface area contributed by atoms with Gasteiger partial charge in [-0.2, -0.15) is 0 Å². The van der Waals surface area contributed by atoms with Crippen molar-refractivity contribution in [3.05, 3.63) is 0 Å². The molecule has 0 rings (SSSR count). The summed E-state index contributed by atoms with van der Waals surface area (Å²) in [5.74, 6) is -2.13. The zero-order valence-corrected chi connectivity index (χ0v) is 5.37. The molecule has 0 aliphatic heterocycles. The second kappa shape index (κ2) is 3.73. The van der Waals surface area contributed by atoms with Gasteiger partial charge in [0.2, 0.25) is 6.29 Å². The Morgan fingerprint density at radius 3 is 2.40 bits per heavy atom. The number of hydrogen-bond acceptors (Lipinski definition) is 5. The maximum absolute atomic E-state index is 10.4. The Morgan fingerprint density at radius 2 is 2.10 bits per heavy atom. The van der Waals surface area contributed by atoms with Gasteiger partial charge in [0.05, 0.1) is 0 Å². The van der Waals surface area contributed by atoms with Crippen LogP contribution in [0.4, 0.5) is 0 Å². The van der Waals surface area contributed by atoms with Crippen LogP contribution in [0, 0.1) is 0 Å². The summed E-state index contributed by atoms with van der Waals surface area (Å²) in [6.45, 7) is 1.35. The first-order valence-corrected chi connectivity index (χ1v) is 2.54. The zero-order chi connectivity index (χ0) is 8.15. The average Bonchev–Trinajstić information content (AvgIpc) is 1.87. The lowest BCUT2D eigenvalue weighted by Gasteiger charge is -1.99. The Kier molecular flexibility index (Phi) is 3.27. The van der Waals surface area contributed by atoms with Gasteiger partial charge in [-0.15, -0.1) is 0 Å². The van der Waals surface area contributed by atoms with Crippen LogP contribution in [0.3, 0.4) is 0 Å². The number of aldehydes is 1. The predicted molar refractivity (Wildman–Crippen MR) is 30.8 cm³/mol. The summed E-state index contributed by atoms with van der Waals surface area (Å²) < 4.78 is 3.89. The Bertz CT molecular complexity index is 163. The Balaban J connectivity index is 3.80. The minimum Gasteiger partial charge on any atom is -0.386 e. The summed E-state index contributed by atoms with van der Waals surface area (Å²) in [4.78, 5) is 30.0. The third kappa shape index (κ3) is 2.93. The van der Waals surface area contributed by atoms with Gasteiger partial charge < -0.3 is 10.5 Å². The van der Waals surface area contributed by atoms with Gasteiger partial charge in [0.1, 0.15) is 6.04 Å². The summed E-state index contributed by atoms with van der Waals surface area (Å²) in [7, 11) is 0. The molecule has 0 radical (unpaired) electrons. The third-order valence-electron chi connectivity index (χ3n) is 0.669. The van der Waals surface area contributed by atoms with E-state index in [0.717, 1.165) is 0 Å². The van der Waals surface area contributed by atoms with Crippen molar-refractivity contribution < 1.29 is 19.1 Å². The van der Waals surface area contributed by atoms with Gasteiger partial charge in [0.15, 0.2) is 0 Å². The van der Waals surface area contributed by atoms with Crippen LogP contribution in [0.5, 0.6) is 0 Å². The highest BCUT2D eigenvalue weighted by atomic mass is 16.6. The van der Waals surface area contributed by atoms with Crippen LogP contribution in [0.15, 0.2) is 0 Å². The van der Waals surface area contributed by atoms with E-state index in [9.17, 15) is 14.4 Å². The summed E-state index contributed by atoms with van der Waals surface area (Å²) in [6.07, 6.45) is -0.0969. The van der Waals surface area contributed by atoms with Crippen molar-refractivity contribution in [1.82, 2.24) is 0 Å². The second-order valence-corrected chi connectivity index (χ2v) is 1.65. The van der Waals surface area contributed by atoms with Crippen LogP contribution in [-0.2, 0) is 19.1 Å². The van der Waals surface area contributed by atoms with E-state index >= 15 is 0 Å². The molecule has 5 heteroatoms. The molecule has 2 N–H and O–H groups in total.